The zero-order valence-corrected chi connectivity index (χ0v) is 9.77. The molecule has 0 spiro atoms. The minimum atomic E-state index is -0.441. The molecule has 1 fully saturated rings. The van der Waals surface area contributed by atoms with E-state index in [0.717, 1.165) is 31.7 Å². The standard InChI is InChI=1S/C10H21NOS/c1-9(2,8-13)11-6-4-10(3,12)5-7-11/h12-13H,4-8H2,1-3H3. The van der Waals surface area contributed by atoms with Gasteiger partial charge in [0.2, 0.25) is 0 Å². The van der Waals surface area contributed by atoms with E-state index in [4.69, 9.17) is 0 Å². The summed E-state index contributed by atoms with van der Waals surface area (Å²) >= 11 is 4.35. The topological polar surface area (TPSA) is 23.5 Å². The number of hydrogen-bond acceptors (Lipinski definition) is 3. The van der Waals surface area contributed by atoms with Crippen LogP contribution in [0.3, 0.4) is 0 Å². The number of hydrogen-bond donors (Lipinski definition) is 2. The highest BCUT2D eigenvalue weighted by Gasteiger charge is 2.33. The average molecular weight is 203 g/mol. The Hall–Kier alpha value is 0.270. The molecule has 0 aromatic rings. The van der Waals surface area contributed by atoms with Gasteiger partial charge in [0.25, 0.3) is 0 Å². The van der Waals surface area contributed by atoms with E-state index in [1.807, 2.05) is 6.92 Å². The van der Waals surface area contributed by atoms with Crippen molar-refractivity contribution in [3.05, 3.63) is 0 Å². The lowest BCUT2D eigenvalue weighted by atomic mass is 9.91. The Balaban J connectivity index is 2.50. The fraction of sp³-hybridized carbons (Fsp3) is 1.00. The van der Waals surface area contributed by atoms with Crippen molar-refractivity contribution in [2.45, 2.75) is 44.8 Å². The van der Waals surface area contributed by atoms with Crippen LogP contribution in [0.1, 0.15) is 33.6 Å². The second-order valence-corrected chi connectivity index (χ2v) is 5.27. The Morgan fingerprint density at radius 1 is 1.38 bits per heavy atom. The maximum atomic E-state index is 9.78. The molecule has 0 aromatic carbocycles. The van der Waals surface area contributed by atoms with Crippen molar-refractivity contribution in [2.24, 2.45) is 0 Å². The summed E-state index contributed by atoms with van der Waals surface area (Å²) in [6, 6.07) is 0. The zero-order chi connectivity index (χ0) is 10.1. The van der Waals surface area contributed by atoms with Crippen LogP contribution in [-0.2, 0) is 0 Å². The van der Waals surface area contributed by atoms with Crippen LogP contribution < -0.4 is 0 Å². The molecular weight excluding hydrogens is 182 g/mol. The SMILES string of the molecule is CC1(O)CCN(C(C)(C)CS)CC1. The first-order chi connectivity index (χ1) is 5.87. The summed E-state index contributed by atoms with van der Waals surface area (Å²) in [5.74, 6) is 0.870. The third kappa shape index (κ3) is 2.86. The van der Waals surface area contributed by atoms with Crippen LogP contribution in [0.4, 0.5) is 0 Å². The second-order valence-electron chi connectivity index (χ2n) is 4.95. The maximum Gasteiger partial charge on any atom is 0.0644 e. The monoisotopic (exact) mass is 203 g/mol. The molecule has 2 nitrogen and oxygen atoms in total. The number of nitrogens with zero attached hydrogens (tertiary/aromatic N) is 1. The summed E-state index contributed by atoms with van der Waals surface area (Å²) in [6.07, 6.45) is 1.76. The zero-order valence-electron chi connectivity index (χ0n) is 8.88. The number of aliphatic hydroxyl groups is 1. The fourth-order valence-electron chi connectivity index (χ4n) is 1.69. The van der Waals surface area contributed by atoms with Crippen molar-refractivity contribution >= 4 is 12.6 Å². The third-order valence-electron chi connectivity index (χ3n) is 3.08. The number of rotatable bonds is 2. The number of piperidine rings is 1. The van der Waals surface area contributed by atoms with Gasteiger partial charge in [-0.1, -0.05) is 0 Å². The molecule has 1 rings (SSSR count). The van der Waals surface area contributed by atoms with Crippen molar-refractivity contribution in [1.29, 1.82) is 0 Å². The molecule has 1 N–H and O–H groups in total. The summed E-state index contributed by atoms with van der Waals surface area (Å²) in [7, 11) is 0. The highest BCUT2D eigenvalue weighted by atomic mass is 32.1. The van der Waals surface area contributed by atoms with Gasteiger partial charge in [-0.2, -0.15) is 12.6 Å². The highest BCUT2D eigenvalue weighted by molar-refractivity contribution is 7.80. The number of likely N-dealkylation sites (tertiary alicyclic amines) is 1. The molecule has 0 bridgehead atoms. The van der Waals surface area contributed by atoms with Crippen molar-refractivity contribution in [3.8, 4) is 0 Å². The lowest BCUT2D eigenvalue weighted by Gasteiger charge is -2.44. The normalized spacial score (nSPS) is 24.7. The molecule has 3 heteroatoms. The lowest BCUT2D eigenvalue weighted by Crippen LogP contribution is -2.52. The molecule has 0 amide bonds. The van der Waals surface area contributed by atoms with E-state index in [0.29, 0.717) is 0 Å². The molecular formula is C10H21NOS. The van der Waals surface area contributed by atoms with Crippen LogP contribution >= 0.6 is 12.6 Å². The summed E-state index contributed by atoms with van der Waals surface area (Å²) in [6.45, 7) is 8.32. The first-order valence-corrected chi connectivity index (χ1v) is 5.59. The van der Waals surface area contributed by atoms with Crippen LogP contribution in [-0.4, -0.2) is 40.0 Å². The molecule has 0 unspecified atom stereocenters. The lowest BCUT2D eigenvalue weighted by molar-refractivity contribution is -0.0275. The van der Waals surface area contributed by atoms with Gasteiger partial charge in [0.15, 0.2) is 0 Å². The van der Waals surface area contributed by atoms with Crippen LogP contribution in [0.2, 0.25) is 0 Å². The predicted octanol–water partition coefficient (Wildman–Crippen LogP) is 1.54. The average Bonchev–Trinajstić information content (AvgIpc) is 2.04. The predicted molar refractivity (Wildman–Crippen MR) is 59.4 cm³/mol. The molecule has 0 saturated carbocycles. The summed E-state index contributed by atoms with van der Waals surface area (Å²) in [5.41, 5.74) is -0.275. The van der Waals surface area contributed by atoms with E-state index >= 15 is 0 Å². The van der Waals surface area contributed by atoms with Gasteiger partial charge in [-0.25, -0.2) is 0 Å². The molecule has 13 heavy (non-hydrogen) atoms. The highest BCUT2D eigenvalue weighted by Crippen LogP contribution is 2.26. The van der Waals surface area contributed by atoms with Gasteiger partial charge in [0.1, 0.15) is 0 Å². The minimum absolute atomic E-state index is 0.166. The van der Waals surface area contributed by atoms with Gasteiger partial charge >= 0.3 is 0 Å². The Labute approximate surface area is 86.7 Å². The molecule has 0 atom stereocenters. The Morgan fingerprint density at radius 3 is 2.23 bits per heavy atom. The van der Waals surface area contributed by atoms with Crippen molar-refractivity contribution in [3.63, 3.8) is 0 Å². The quantitative estimate of drug-likeness (QED) is 0.665. The molecule has 0 aromatic heterocycles. The van der Waals surface area contributed by atoms with E-state index in [1.165, 1.54) is 0 Å². The summed E-state index contributed by atoms with van der Waals surface area (Å²) < 4.78 is 0. The molecule has 0 aliphatic carbocycles. The molecule has 78 valence electrons. The summed E-state index contributed by atoms with van der Waals surface area (Å²) in [5, 5.41) is 9.78. The van der Waals surface area contributed by atoms with Crippen LogP contribution in [0.5, 0.6) is 0 Å². The Morgan fingerprint density at radius 2 is 1.85 bits per heavy atom. The smallest absolute Gasteiger partial charge is 0.0644 e. The van der Waals surface area contributed by atoms with Crippen LogP contribution in [0.15, 0.2) is 0 Å². The minimum Gasteiger partial charge on any atom is -0.390 e. The molecule has 1 heterocycles. The van der Waals surface area contributed by atoms with Crippen LogP contribution in [0, 0.1) is 0 Å². The van der Waals surface area contributed by atoms with Gasteiger partial charge < -0.3 is 5.11 Å². The van der Waals surface area contributed by atoms with Crippen molar-refractivity contribution < 1.29 is 5.11 Å². The number of thiol groups is 1. The third-order valence-corrected chi connectivity index (χ3v) is 3.86. The first kappa shape index (κ1) is 11.3. The molecule has 0 radical (unpaired) electrons. The van der Waals surface area contributed by atoms with Crippen LogP contribution in [0.25, 0.3) is 0 Å². The van der Waals surface area contributed by atoms with E-state index in [-0.39, 0.29) is 5.54 Å². The van der Waals surface area contributed by atoms with Gasteiger partial charge in [0, 0.05) is 24.4 Å². The van der Waals surface area contributed by atoms with Gasteiger partial charge in [-0.05, 0) is 33.6 Å². The van der Waals surface area contributed by atoms with E-state index < -0.39 is 5.60 Å². The first-order valence-electron chi connectivity index (χ1n) is 4.96. The van der Waals surface area contributed by atoms with Gasteiger partial charge in [0.05, 0.1) is 5.60 Å². The Kier molecular flexibility index (Phi) is 3.31. The van der Waals surface area contributed by atoms with Crippen molar-refractivity contribution in [2.75, 3.05) is 18.8 Å². The van der Waals surface area contributed by atoms with E-state index in [2.05, 4.69) is 31.4 Å². The fourth-order valence-corrected chi connectivity index (χ4v) is 1.89. The van der Waals surface area contributed by atoms with Crippen molar-refractivity contribution in [1.82, 2.24) is 4.90 Å². The molecule has 1 aliphatic heterocycles. The molecule has 1 saturated heterocycles. The summed E-state index contributed by atoms with van der Waals surface area (Å²) in [4.78, 5) is 2.41. The van der Waals surface area contributed by atoms with E-state index in [1.54, 1.807) is 0 Å². The second kappa shape index (κ2) is 3.79. The Bertz CT molecular complexity index is 170. The van der Waals surface area contributed by atoms with Gasteiger partial charge in [-0.3, -0.25) is 4.90 Å². The molecule has 1 aliphatic rings. The largest absolute Gasteiger partial charge is 0.390 e. The van der Waals surface area contributed by atoms with Gasteiger partial charge in [-0.15, -0.1) is 0 Å². The van der Waals surface area contributed by atoms with E-state index in [9.17, 15) is 5.11 Å². The maximum absolute atomic E-state index is 9.78.